The average Bonchev–Trinajstić information content (AvgIpc) is 3.02. The number of aliphatic hydroxyl groups is 3. The summed E-state index contributed by atoms with van der Waals surface area (Å²) in [6, 6.07) is 3.45. The smallest absolute Gasteiger partial charge is 0.337 e. The van der Waals surface area contributed by atoms with Gasteiger partial charge in [0, 0.05) is 0 Å². The van der Waals surface area contributed by atoms with E-state index in [2.05, 4.69) is 0 Å². The van der Waals surface area contributed by atoms with Crippen molar-refractivity contribution in [1.29, 1.82) is 0 Å². The van der Waals surface area contributed by atoms with Gasteiger partial charge in [0.2, 0.25) is 0 Å². The Morgan fingerprint density at radius 1 is 0.488 bits per heavy atom. The third-order valence-electron chi connectivity index (χ3n) is 5.56. The lowest BCUT2D eigenvalue weighted by molar-refractivity contribution is -0.000251. The molecule has 0 saturated carbocycles. The first-order valence-electron chi connectivity index (χ1n) is 14.4. The predicted molar refractivity (Wildman–Crippen MR) is 153 cm³/mol. The highest BCUT2D eigenvalue weighted by atomic mass is 16.6. The lowest BCUT2D eigenvalue weighted by Gasteiger charge is -2.18. The SMILES string of the molecule is COC(=O)c1cc(COCCOCCOCCO)c(COCCOCCOCCO)c(COCCOCCOCCO)c1. The number of carbonyl (C=O) groups excluding carboxylic acids is 1. The molecule has 0 aliphatic rings. The summed E-state index contributed by atoms with van der Waals surface area (Å²) in [5.41, 5.74) is 2.70. The third-order valence-corrected chi connectivity index (χ3v) is 5.56. The fourth-order valence-electron chi connectivity index (χ4n) is 3.53. The van der Waals surface area contributed by atoms with E-state index < -0.39 is 5.97 Å². The van der Waals surface area contributed by atoms with Crippen molar-refractivity contribution in [3.05, 3.63) is 34.4 Å². The Bertz CT molecular complexity index is 751. The van der Waals surface area contributed by atoms with Gasteiger partial charge < -0.3 is 62.7 Å². The highest BCUT2D eigenvalue weighted by Gasteiger charge is 2.16. The van der Waals surface area contributed by atoms with Crippen molar-refractivity contribution in [3.63, 3.8) is 0 Å². The second-order valence-corrected chi connectivity index (χ2v) is 8.77. The van der Waals surface area contributed by atoms with E-state index in [1.165, 1.54) is 7.11 Å². The second kappa shape index (κ2) is 29.0. The molecule has 0 saturated heterocycles. The highest BCUT2D eigenvalue weighted by Crippen LogP contribution is 2.22. The number of carbonyl (C=O) groups is 1. The van der Waals surface area contributed by atoms with Crippen molar-refractivity contribution in [2.45, 2.75) is 19.8 Å². The fourth-order valence-corrected chi connectivity index (χ4v) is 3.53. The van der Waals surface area contributed by atoms with Crippen LogP contribution in [0, 0.1) is 0 Å². The van der Waals surface area contributed by atoms with Gasteiger partial charge in [-0.05, 0) is 28.8 Å². The molecule has 0 amide bonds. The fraction of sp³-hybridized carbons (Fsp3) is 0.759. The van der Waals surface area contributed by atoms with Crippen molar-refractivity contribution in [3.8, 4) is 0 Å². The van der Waals surface area contributed by atoms with Crippen LogP contribution >= 0.6 is 0 Å². The number of benzene rings is 1. The molecule has 1 rings (SSSR count). The summed E-state index contributed by atoms with van der Waals surface area (Å²) in [4.78, 5) is 12.4. The molecular formula is C29H50O14. The normalized spacial score (nSPS) is 11.3. The van der Waals surface area contributed by atoms with Crippen molar-refractivity contribution >= 4 is 5.97 Å². The largest absolute Gasteiger partial charge is 0.465 e. The number of esters is 1. The molecule has 0 aliphatic heterocycles. The molecular weight excluding hydrogens is 572 g/mol. The van der Waals surface area contributed by atoms with Crippen molar-refractivity contribution in [1.82, 2.24) is 0 Å². The first kappa shape index (κ1) is 39.2. The summed E-state index contributed by atoms with van der Waals surface area (Å²) in [5.74, 6) is -0.482. The van der Waals surface area contributed by atoms with Gasteiger partial charge in [-0.15, -0.1) is 0 Å². The van der Waals surface area contributed by atoms with Gasteiger partial charge in [0.25, 0.3) is 0 Å². The molecule has 14 nitrogen and oxygen atoms in total. The summed E-state index contributed by atoms with van der Waals surface area (Å²) in [6.45, 7) is 5.71. The standard InChI is InChI=1S/C29H50O14/c1-34-29(33)25-20-26(22-41-17-14-38-11-8-35-5-2-30)28(24-43-19-16-40-13-10-37-7-4-32)27(21-25)23-42-18-15-39-12-9-36-6-3-31/h20-21,30-32H,2-19,22-24H2,1H3. The zero-order valence-electron chi connectivity index (χ0n) is 25.3. The Morgan fingerprint density at radius 3 is 1.12 bits per heavy atom. The van der Waals surface area contributed by atoms with Crippen molar-refractivity contribution in [2.24, 2.45) is 0 Å². The van der Waals surface area contributed by atoms with Gasteiger partial charge in [-0.3, -0.25) is 0 Å². The number of hydrogen-bond donors (Lipinski definition) is 3. The molecule has 1 aromatic rings. The van der Waals surface area contributed by atoms with Gasteiger partial charge in [-0.2, -0.15) is 0 Å². The van der Waals surface area contributed by atoms with Crippen LogP contribution in [-0.2, 0) is 67.2 Å². The third kappa shape index (κ3) is 20.7. The summed E-state index contributed by atoms with van der Waals surface area (Å²) in [7, 11) is 1.32. The highest BCUT2D eigenvalue weighted by molar-refractivity contribution is 5.90. The van der Waals surface area contributed by atoms with Crippen LogP contribution < -0.4 is 0 Å². The van der Waals surface area contributed by atoms with E-state index in [4.69, 9.17) is 62.7 Å². The summed E-state index contributed by atoms with van der Waals surface area (Å²) < 4.78 is 54.5. The molecule has 0 fully saturated rings. The van der Waals surface area contributed by atoms with Gasteiger partial charge >= 0.3 is 5.97 Å². The monoisotopic (exact) mass is 622 g/mol. The van der Waals surface area contributed by atoms with Gasteiger partial charge in [-0.1, -0.05) is 0 Å². The van der Waals surface area contributed by atoms with Crippen molar-refractivity contribution in [2.75, 3.05) is 126 Å². The second-order valence-electron chi connectivity index (χ2n) is 8.77. The minimum absolute atomic E-state index is 0.0310. The van der Waals surface area contributed by atoms with E-state index in [0.29, 0.717) is 84.8 Å². The van der Waals surface area contributed by atoms with Crippen LogP contribution in [0.4, 0.5) is 0 Å². The van der Waals surface area contributed by atoms with Gasteiger partial charge in [0.15, 0.2) is 0 Å². The molecule has 0 aromatic heterocycles. The van der Waals surface area contributed by atoms with E-state index in [1.54, 1.807) is 12.1 Å². The van der Waals surface area contributed by atoms with E-state index in [9.17, 15) is 4.79 Å². The number of aliphatic hydroxyl groups excluding tert-OH is 3. The number of hydrogen-bond acceptors (Lipinski definition) is 14. The van der Waals surface area contributed by atoms with Gasteiger partial charge in [0.1, 0.15) is 0 Å². The van der Waals surface area contributed by atoms with Crippen LogP contribution in [0.2, 0.25) is 0 Å². The van der Waals surface area contributed by atoms with E-state index in [0.717, 1.165) is 16.7 Å². The number of ether oxygens (including phenoxy) is 10. The van der Waals surface area contributed by atoms with Crippen LogP contribution in [-0.4, -0.2) is 147 Å². The van der Waals surface area contributed by atoms with Gasteiger partial charge in [0.05, 0.1) is 151 Å². The summed E-state index contributed by atoms with van der Waals surface area (Å²) in [5, 5.41) is 26.2. The number of methoxy groups -OCH3 is 1. The van der Waals surface area contributed by atoms with E-state index in [1.807, 2.05) is 0 Å². The van der Waals surface area contributed by atoms with E-state index in [-0.39, 0.29) is 59.5 Å². The zero-order chi connectivity index (χ0) is 31.2. The van der Waals surface area contributed by atoms with Crippen molar-refractivity contribution < 1.29 is 67.5 Å². The quantitative estimate of drug-likeness (QED) is 0.0752. The molecule has 0 spiro atoms. The lowest BCUT2D eigenvalue weighted by Crippen LogP contribution is -2.15. The van der Waals surface area contributed by atoms with Crippen LogP contribution in [0.15, 0.2) is 12.1 Å². The molecule has 0 bridgehead atoms. The number of rotatable bonds is 31. The maximum atomic E-state index is 12.4. The lowest BCUT2D eigenvalue weighted by atomic mass is 9.98. The molecule has 1 aromatic carbocycles. The molecule has 0 radical (unpaired) electrons. The van der Waals surface area contributed by atoms with Crippen LogP contribution in [0.1, 0.15) is 27.0 Å². The van der Waals surface area contributed by atoms with Crippen LogP contribution in [0.3, 0.4) is 0 Å². The zero-order valence-corrected chi connectivity index (χ0v) is 25.3. The first-order chi connectivity index (χ1) is 21.2. The first-order valence-corrected chi connectivity index (χ1v) is 14.4. The summed E-state index contributed by atoms with van der Waals surface area (Å²) >= 11 is 0. The Kier molecular flexibility index (Phi) is 26.4. The van der Waals surface area contributed by atoms with Crippen LogP contribution in [0.5, 0.6) is 0 Å². The van der Waals surface area contributed by atoms with Crippen LogP contribution in [0.25, 0.3) is 0 Å². The summed E-state index contributed by atoms with van der Waals surface area (Å²) in [6.07, 6.45) is 0. The molecule has 0 aliphatic carbocycles. The molecule has 43 heavy (non-hydrogen) atoms. The van der Waals surface area contributed by atoms with E-state index >= 15 is 0 Å². The Balaban J connectivity index is 2.75. The predicted octanol–water partition coefficient (Wildman–Crippen LogP) is 0.0995. The minimum Gasteiger partial charge on any atom is -0.465 e. The molecule has 250 valence electrons. The maximum Gasteiger partial charge on any atom is 0.337 e. The Hall–Kier alpha value is -1.79. The maximum absolute atomic E-state index is 12.4. The molecule has 0 heterocycles. The molecule has 0 unspecified atom stereocenters. The molecule has 3 N–H and O–H groups in total. The average molecular weight is 623 g/mol. The molecule has 14 heteroatoms. The van der Waals surface area contributed by atoms with Gasteiger partial charge in [-0.25, -0.2) is 4.79 Å². The Labute approximate surface area is 254 Å². The molecule has 0 atom stereocenters. The minimum atomic E-state index is -0.482. The Morgan fingerprint density at radius 2 is 0.791 bits per heavy atom. The topological polar surface area (TPSA) is 170 Å².